The number of rotatable bonds is 5. The summed E-state index contributed by atoms with van der Waals surface area (Å²) in [5.74, 6) is -2.08. The van der Waals surface area contributed by atoms with Crippen LogP contribution in [-0.4, -0.2) is 52.3 Å². The summed E-state index contributed by atoms with van der Waals surface area (Å²) >= 11 is 0. The number of nitrogens with one attached hydrogen (secondary N) is 1. The third kappa shape index (κ3) is 3.91. The van der Waals surface area contributed by atoms with Gasteiger partial charge in [0.25, 0.3) is 5.91 Å². The Bertz CT molecular complexity index is 2120. The van der Waals surface area contributed by atoms with Gasteiger partial charge in [0.15, 0.2) is 5.82 Å². The quantitative estimate of drug-likeness (QED) is 0.336. The van der Waals surface area contributed by atoms with Crippen LogP contribution in [0.1, 0.15) is 20.7 Å². The topological polar surface area (TPSA) is 129 Å². The number of aryl methyl sites for hydroxylation is 3. The first-order valence-corrected chi connectivity index (χ1v) is 12.5. The molecule has 41 heavy (non-hydrogen) atoms. The van der Waals surface area contributed by atoms with E-state index in [1.807, 2.05) is 29.8 Å². The van der Waals surface area contributed by atoms with E-state index in [1.54, 1.807) is 46.4 Å². The minimum atomic E-state index is -1.21. The van der Waals surface area contributed by atoms with Gasteiger partial charge >= 0.3 is 11.7 Å². The van der Waals surface area contributed by atoms with Crippen molar-refractivity contribution in [1.29, 1.82) is 0 Å². The summed E-state index contributed by atoms with van der Waals surface area (Å²) in [6, 6.07) is 12.6. The van der Waals surface area contributed by atoms with E-state index in [4.69, 9.17) is 4.98 Å². The highest BCUT2D eigenvalue weighted by atomic mass is 19.1. The fourth-order valence-corrected chi connectivity index (χ4v) is 5.18. The molecule has 0 aliphatic heterocycles. The predicted octanol–water partition coefficient (Wildman–Crippen LogP) is 3.48. The van der Waals surface area contributed by atoms with Gasteiger partial charge in [-0.15, -0.1) is 0 Å². The number of fused-ring (bicyclic) bond motifs is 2. The lowest BCUT2D eigenvalue weighted by Crippen LogP contribution is -2.19. The van der Waals surface area contributed by atoms with Crippen LogP contribution in [0.2, 0.25) is 0 Å². The third-order valence-corrected chi connectivity index (χ3v) is 7.34. The van der Waals surface area contributed by atoms with Crippen molar-refractivity contribution in [1.82, 2.24) is 33.6 Å². The number of carbonyl (C=O) groups is 2. The van der Waals surface area contributed by atoms with Gasteiger partial charge in [0.2, 0.25) is 0 Å². The Morgan fingerprint density at radius 2 is 1.68 bits per heavy atom. The second kappa shape index (κ2) is 9.30. The van der Waals surface area contributed by atoms with Crippen LogP contribution in [0.4, 0.5) is 4.39 Å². The zero-order chi connectivity index (χ0) is 29.2. The van der Waals surface area contributed by atoms with Crippen molar-refractivity contribution in [2.45, 2.75) is 0 Å². The molecule has 0 bridgehead atoms. The molecule has 6 aromatic rings. The minimum absolute atomic E-state index is 0.0736. The largest absolute Gasteiger partial charge is 0.478 e. The number of nitrogens with zero attached hydrogens (tertiary/aromatic N) is 6. The monoisotopic (exact) mass is 553 g/mol. The Kier molecular flexibility index (Phi) is 5.84. The predicted molar refractivity (Wildman–Crippen MR) is 151 cm³/mol. The summed E-state index contributed by atoms with van der Waals surface area (Å²) in [4.78, 5) is 46.1. The standard InChI is InChI=1S/C29H24FN7O4/c1-31-27(38)17-7-5-15(9-20(17)30)18-11-21-23(12-19(18)28(39)40)37(26(33-21)25-13-32-14-34(25)2)16-6-8-22-24(10-16)36(4)29(41)35(22)3/h5-14H,1-4H3,(H,31,38)(H,39,40). The number of carboxylic acid groups (broad SMARTS) is 1. The molecule has 0 saturated carbocycles. The van der Waals surface area contributed by atoms with E-state index >= 15 is 0 Å². The number of aromatic carboxylic acids is 1. The van der Waals surface area contributed by atoms with Crippen LogP contribution < -0.4 is 11.0 Å². The number of hydrogen-bond donors (Lipinski definition) is 2. The molecule has 0 aliphatic rings. The molecule has 206 valence electrons. The van der Waals surface area contributed by atoms with E-state index in [0.717, 1.165) is 11.6 Å². The highest BCUT2D eigenvalue weighted by Gasteiger charge is 2.23. The molecule has 0 unspecified atom stereocenters. The van der Waals surface area contributed by atoms with Crippen molar-refractivity contribution >= 4 is 33.9 Å². The van der Waals surface area contributed by atoms with Crippen molar-refractivity contribution in [3.63, 3.8) is 0 Å². The molecular formula is C29H24FN7O4. The van der Waals surface area contributed by atoms with Crippen LogP contribution in [0.5, 0.6) is 0 Å². The Morgan fingerprint density at radius 3 is 2.34 bits per heavy atom. The van der Waals surface area contributed by atoms with Crippen LogP contribution >= 0.6 is 0 Å². The molecular weight excluding hydrogens is 529 g/mol. The molecule has 11 nitrogen and oxygen atoms in total. The maximum atomic E-state index is 14.9. The van der Waals surface area contributed by atoms with E-state index in [2.05, 4.69) is 10.3 Å². The van der Waals surface area contributed by atoms with Gasteiger partial charge in [0.05, 0.1) is 45.7 Å². The second-order valence-corrected chi connectivity index (χ2v) is 9.70. The number of benzene rings is 3. The lowest BCUT2D eigenvalue weighted by molar-refractivity contribution is 0.0697. The third-order valence-electron chi connectivity index (χ3n) is 7.34. The SMILES string of the molecule is CNC(=O)c1ccc(-c2cc3nc(-c4cncn4C)n(-c4ccc5c(c4)n(C)c(=O)n5C)c3cc2C(=O)O)cc1F. The summed E-state index contributed by atoms with van der Waals surface area (Å²) in [6.45, 7) is 0. The highest BCUT2D eigenvalue weighted by molar-refractivity contribution is 6.02. The van der Waals surface area contributed by atoms with E-state index < -0.39 is 17.7 Å². The summed E-state index contributed by atoms with van der Waals surface area (Å²) in [6.07, 6.45) is 3.29. The van der Waals surface area contributed by atoms with Crippen molar-refractivity contribution in [2.75, 3.05) is 7.05 Å². The molecule has 1 amide bonds. The van der Waals surface area contributed by atoms with Crippen molar-refractivity contribution in [3.8, 4) is 28.3 Å². The molecule has 0 radical (unpaired) electrons. The number of hydrogen-bond acceptors (Lipinski definition) is 5. The van der Waals surface area contributed by atoms with Gasteiger partial charge < -0.3 is 15.0 Å². The zero-order valence-corrected chi connectivity index (χ0v) is 22.5. The first kappa shape index (κ1) is 25.7. The Labute approximate surface area is 231 Å². The maximum absolute atomic E-state index is 14.9. The van der Waals surface area contributed by atoms with Gasteiger partial charge in [-0.05, 0) is 53.6 Å². The number of carboxylic acids is 1. The van der Waals surface area contributed by atoms with E-state index in [1.165, 1.54) is 25.2 Å². The van der Waals surface area contributed by atoms with Gasteiger partial charge in [-0.25, -0.2) is 23.9 Å². The Morgan fingerprint density at radius 1 is 0.927 bits per heavy atom. The van der Waals surface area contributed by atoms with Crippen molar-refractivity contribution < 1.29 is 19.1 Å². The van der Waals surface area contributed by atoms with Crippen LogP contribution in [0.15, 0.2) is 65.8 Å². The molecule has 3 aromatic carbocycles. The molecule has 3 aromatic heterocycles. The number of halogens is 1. The molecule has 0 saturated heterocycles. The molecule has 2 N–H and O–H groups in total. The average molecular weight is 554 g/mol. The second-order valence-electron chi connectivity index (χ2n) is 9.70. The van der Waals surface area contributed by atoms with E-state index in [-0.39, 0.29) is 27.9 Å². The van der Waals surface area contributed by atoms with E-state index in [9.17, 15) is 23.9 Å². The average Bonchev–Trinajstić information content (AvgIpc) is 3.62. The molecule has 6 rings (SSSR count). The van der Waals surface area contributed by atoms with Gasteiger partial charge in [-0.2, -0.15) is 0 Å². The number of aromatic nitrogens is 6. The summed E-state index contributed by atoms with van der Waals surface area (Å²) in [7, 11) is 6.60. The zero-order valence-electron chi connectivity index (χ0n) is 22.5. The first-order valence-electron chi connectivity index (χ1n) is 12.5. The van der Waals surface area contributed by atoms with Gasteiger partial charge in [0, 0.05) is 33.9 Å². The molecule has 12 heteroatoms. The van der Waals surface area contributed by atoms with Gasteiger partial charge in [-0.3, -0.25) is 18.5 Å². The van der Waals surface area contributed by atoms with E-state index in [0.29, 0.717) is 33.8 Å². The van der Waals surface area contributed by atoms with Crippen LogP contribution in [-0.2, 0) is 21.1 Å². The number of imidazole rings is 3. The van der Waals surface area contributed by atoms with Crippen LogP contribution in [0.3, 0.4) is 0 Å². The Hall–Kier alpha value is -5.52. The molecule has 0 aliphatic carbocycles. The molecule has 0 atom stereocenters. The number of carbonyl (C=O) groups excluding carboxylic acids is 1. The highest BCUT2D eigenvalue weighted by Crippen LogP contribution is 2.35. The normalized spacial score (nSPS) is 11.4. The minimum Gasteiger partial charge on any atom is -0.478 e. The summed E-state index contributed by atoms with van der Waals surface area (Å²) < 4.78 is 21.6. The van der Waals surface area contributed by atoms with Crippen molar-refractivity contribution in [2.24, 2.45) is 21.1 Å². The first-order chi connectivity index (χ1) is 19.6. The summed E-state index contributed by atoms with van der Waals surface area (Å²) in [5, 5.41) is 12.6. The lowest BCUT2D eigenvalue weighted by atomic mass is 9.97. The summed E-state index contributed by atoms with van der Waals surface area (Å²) in [5.41, 5.74) is 3.83. The Balaban J connectivity index is 1.65. The maximum Gasteiger partial charge on any atom is 0.336 e. The number of amides is 1. The smallest absolute Gasteiger partial charge is 0.336 e. The van der Waals surface area contributed by atoms with Crippen molar-refractivity contribution in [3.05, 3.63) is 88.5 Å². The fraction of sp³-hybridized carbons (Fsp3) is 0.138. The fourth-order valence-electron chi connectivity index (χ4n) is 5.18. The molecule has 0 fully saturated rings. The lowest BCUT2D eigenvalue weighted by Gasteiger charge is -2.12. The molecule has 3 heterocycles. The molecule has 0 spiro atoms. The van der Waals surface area contributed by atoms with Gasteiger partial charge in [-0.1, -0.05) is 6.07 Å². The van der Waals surface area contributed by atoms with Crippen LogP contribution in [0, 0.1) is 5.82 Å². The van der Waals surface area contributed by atoms with Crippen LogP contribution in [0.25, 0.3) is 50.4 Å². The van der Waals surface area contributed by atoms with Gasteiger partial charge in [0.1, 0.15) is 11.5 Å².